The fourth-order valence-corrected chi connectivity index (χ4v) is 2.38. The Kier molecular flexibility index (Phi) is 3.09. The summed E-state index contributed by atoms with van der Waals surface area (Å²) in [6, 6.07) is 0. The number of hydrogen-bond donors (Lipinski definition) is 0. The van der Waals surface area contributed by atoms with Crippen molar-refractivity contribution in [1.82, 2.24) is 0 Å². The summed E-state index contributed by atoms with van der Waals surface area (Å²) in [5.74, 6) is -0.387. The Hall–Kier alpha value is -0.450. The second-order valence-corrected chi connectivity index (χ2v) is 6.37. The summed E-state index contributed by atoms with van der Waals surface area (Å²) in [7, 11) is 0. The van der Waals surface area contributed by atoms with Crippen LogP contribution >= 0.6 is 0 Å². The van der Waals surface area contributed by atoms with E-state index in [1.165, 1.54) is 0 Å². The van der Waals surface area contributed by atoms with Crippen molar-refractivity contribution in [1.29, 1.82) is 0 Å². The molecule has 3 atom stereocenters. The molecule has 98 valence electrons. The first-order valence-corrected chi connectivity index (χ1v) is 6.20. The molecule has 0 amide bonds. The Bertz CT molecular complexity index is 316. The van der Waals surface area contributed by atoms with Crippen LogP contribution in [0.2, 0.25) is 0 Å². The maximum Gasteiger partial charge on any atom is 0.164 e. The summed E-state index contributed by atoms with van der Waals surface area (Å²) in [5, 5.41) is 0. The van der Waals surface area contributed by atoms with Gasteiger partial charge in [0.25, 0.3) is 0 Å². The van der Waals surface area contributed by atoms with Crippen molar-refractivity contribution in [2.45, 2.75) is 64.6 Å². The predicted octanol–water partition coefficient (Wildman–Crippen LogP) is 1.91. The van der Waals surface area contributed by atoms with Gasteiger partial charge >= 0.3 is 0 Å². The van der Waals surface area contributed by atoms with Gasteiger partial charge in [0, 0.05) is 12.3 Å². The van der Waals surface area contributed by atoms with Crippen LogP contribution in [0.4, 0.5) is 0 Å². The molecule has 0 N–H and O–H groups in total. The third kappa shape index (κ3) is 2.87. The van der Waals surface area contributed by atoms with Crippen LogP contribution in [0.25, 0.3) is 0 Å². The summed E-state index contributed by atoms with van der Waals surface area (Å²) in [5.41, 5.74) is -0.184. The summed E-state index contributed by atoms with van der Waals surface area (Å²) >= 11 is 0. The van der Waals surface area contributed by atoms with Crippen molar-refractivity contribution >= 4 is 5.78 Å². The van der Waals surface area contributed by atoms with Gasteiger partial charge in [-0.15, -0.1) is 0 Å². The van der Waals surface area contributed by atoms with Crippen LogP contribution in [0.3, 0.4) is 0 Å². The Morgan fingerprint density at radius 3 is 2.59 bits per heavy atom. The highest BCUT2D eigenvalue weighted by molar-refractivity contribution is 5.86. The summed E-state index contributed by atoms with van der Waals surface area (Å²) in [6.45, 7) is 10.3. The van der Waals surface area contributed by atoms with E-state index in [0.717, 1.165) is 0 Å². The van der Waals surface area contributed by atoms with Crippen molar-refractivity contribution in [3.05, 3.63) is 0 Å². The lowest BCUT2D eigenvalue weighted by molar-refractivity contribution is -0.166. The highest BCUT2D eigenvalue weighted by Crippen LogP contribution is 2.40. The fourth-order valence-electron chi connectivity index (χ4n) is 2.38. The topological polar surface area (TPSA) is 44.8 Å². The van der Waals surface area contributed by atoms with Gasteiger partial charge in [-0.05, 0) is 34.6 Å². The van der Waals surface area contributed by atoms with Gasteiger partial charge in [-0.2, -0.15) is 0 Å². The third-order valence-corrected chi connectivity index (χ3v) is 3.10. The lowest BCUT2D eigenvalue weighted by atomic mass is 10.1. The molecule has 1 unspecified atom stereocenters. The van der Waals surface area contributed by atoms with Crippen LogP contribution in [0.1, 0.15) is 41.0 Å². The fraction of sp³-hybridized carbons (Fsp3) is 0.923. The van der Waals surface area contributed by atoms with Gasteiger partial charge in [-0.3, -0.25) is 4.79 Å². The van der Waals surface area contributed by atoms with E-state index >= 15 is 0 Å². The molecular weight excluding hydrogens is 220 g/mol. The Balaban J connectivity index is 1.99. The van der Waals surface area contributed by atoms with Gasteiger partial charge in [0.15, 0.2) is 11.6 Å². The number of ether oxygens (including phenoxy) is 3. The molecule has 4 heteroatoms. The first kappa shape index (κ1) is 13.0. The first-order valence-electron chi connectivity index (χ1n) is 6.20. The van der Waals surface area contributed by atoms with E-state index in [-0.39, 0.29) is 23.4 Å². The van der Waals surface area contributed by atoms with Crippen LogP contribution in [0.15, 0.2) is 0 Å². The molecule has 0 aromatic carbocycles. The van der Waals surface area contributed by atoms with Gasteiger partial charge in [0.05, 0.1) is 18.3 Å². The maximum atomic E-state index is 11.8. The third-order valence-electron chi connectivity index (χ3n) is 3.10. The largest absolute Gasteiger partial charge is 0.375 e. The zero-order chi connectivity index (χ0) is 12.8. The summed E-state index contributed by atoms with van der Waals surface area (Å²) in [4.78, 5) is 11.8. The number of fused-ring (bicyclic) bond motifs is 1. The van der Waals surface area contributed by atoms with Gasteiger partial charge in [-0.25, -0.2) is 0 Å². The highest BCUT2D eigenvalue weighted by Gasteiger charge is 2.53. The normalized spacial score (nSPS) is 36.3. The number of carbonyl (C=O) groups is 1. The van der Waals surface area contributed by atoms with Gasteiger partial charge in [0.1, 0.15) is 6.10 Å². The predicted molar refractivity (Wildman–Crippen MR) is 62.6 cm³/mol. The molecule has 1 saturated heterocycles. The molecule has 17 heavy (non-hydrogen) atoms. The van der Waals surface area contributed by atoms with E-state index in [1.807, 2.05) is 34.6 Å². The maximum absolute atomic E-state index is 11.8. The lowest BCUT2D eigenvalue weighted by Crippen LogP contribution is -2.31. The number of hydrogen-bond acceptors (Lipinski definition) is 4. The molecule has 2 aliphatic rings. The molecule has 1 aliphatic carbocycles. The molecule has 2 fully saturated rings. The van der Waals surface area contributed by atoms with Crippen molar-refractivity contribution in [3.8, 4) is 0 Å². The molecule has 0 aromatic rings. The monoisotopic (exact) mass is 242 g/mol. The molecule has 1 heterocycles. The van der Waals surface area contributed by atoms with E-state index in [1.54, 1.807) is 0 Å². The van der Waals surface area contributed by atoms with E-state index in [2.05, 4.69) is 0 Å². The quantitative estimate of drug-likeness (QED) is 0.742. The SMILES string of the molecule is CC(C)(C)OC[C@H]1CC(=O)C2OC(C)(C)O[C@H]21. The van der Waals surface area contributed by atoms with Crippen LogP contribution in [-0.4, -0.2) is 36.0 Å². The van der Waals surface area contributed by atoms with Gasteiger partial charge in [-0.1, -0.05) is 0 Å². The smallest absolute Gasteiger partial charge is 0.164 e. The van der Waals surface area contributed by atoms with E-state index < -0.39 is 11.9 Å². The zero-order valence-corrected chi connectivity index (χ0v) is 11.3. The van der Waals surface area contributed by atoms with Crippen LogP contribution in [-0.2, 0) is 19.0 Å². The molecule has 0 radical (unpaired) electrons. The first-order chi connectivity index (χ1) is 7.68. The number of Topliss-reactive ketones (excluding diaryl/α,β-unsaturated/α-hetero) is 1. The lowest BCUT2D eigenvalue weighted by Gasteiger charge is -2.25. The molecule has 1 saturated carbocycles. The van der Waals surface area contributed by atoms with Crippen LogP contribution < -0.4 is 0 Å². The van der Waals surface area contributed by atoms with E-state index in [0.29, 0.717) is 13.0 Å². The minimum absolute atomic E-state index is 0.119. The zero-order valence-electron chi connectivity index (χ0n) is 11.3. The van der Waals surface area contributed by atoms with Gasteiger partial charge in [0.2, 0.25) is 0 Å². The Morgan fingerprint density at radius 2 is 2.00 bits per heavy atom. The number of ketones is 1. The molecule has 4 nitrogen and oxygen atoms in total. The minimum atomic E-state index is -0.647. The van der Waals surface area contributed by atoms with Crippen molar-refractivity contribution in [2.75, 3.05) is 6.61 Å². The van der Waals surface area contributed by atoms with Crippen molar-refractivity contribution in [2.24, 2.45) is 5.92 Å². The highest BCUT2D eigenvalue weighted by atomic mass is 16.8. The van der Waals surface area contributed by atoms with Crippen LogP contribution in [0, 0.1) is 5.92 Å². The summed E-state index contributed by atoms with van der Waals surface area (Å²) < 4.78 is 17.2. The molecule has 2 rings (SSSR count). The standard InChI is InChI=1S/C13H22O4/c1-12(2,3)15-7-8-6-9(14)11-10(8)16-13(4,5)17-11/h8,10-11H,6-7H2,1-5H3/t8-,10+,11?/m1/s1. The Labute approximate surface area is 103 Å². The average Bonchev–Trinajstić information content (AvgIpc) is 2.58. The molecule has 1 aliphatic heterocycles. The van der Waals surface area contributed by atoms with E-state index in [4.69, 9.17) is 14.2 Å². The van der Waals surface area contributed by atoms with Crippen molar-refractivity contribution in [3.63, 3.8) is 0 Å². The minimum Gasteiger partial charge on any atom is -0.375 e. The van der Waals surface area contributed by atoms with E-state index in [9.17, 15) is 4.79 Å². The number of rotatable bonds is 2. The molecule has 0 spiro atoms. The Morgan fingerprint density at radius 1 is 1.35 bits per heavy atom. The second kappa shape index (κ2) is 4.04. The molecular formula is C13H22O4. The van der Waals surface area contributed by atoms with Crippen LogP contribution in [0.5, 0.6) is 0 Å². The molecule has 0 bridgehead atoms. The number of carbonyl (C=O) groups excluding carboxylic acids is 1. The average molecular weight is 242 g/mol. The summed E-state index contributed by atoms with van der Waals surface area (Å²) in [6.07, 6.45) is -0.0278. The van der Waals surface area contributed by atoms with Gasteiger partial charge < -0.3 is 14.2 Å². The molecule has 0 aromatic heterocycles. The second-order valence-electron chi connectivity index (χ2n) is 6.37. The van der Waals surface area contributed by atoms with Crippen molar-refractivity contribution < 1.29 is 19.0 Å².